The summed E-state index contributed by atoms with van der Waals surface area (Å²) in [4.78, 5) is 37.0. The van der Waals surface area contributed by atoms with Gasteiger partial charge in [-0.1, -0.05) is 18.2 Å². The number of carboxylic acids is 1. The molecule has 2 aromatic rings. The molecule has 0 aromatic heterocycles. The summed E-state index contributed by atoms with van der Waals surface area (Å²) < 4.78 is 5.34. The fourth-order valence-corrected chi connectivity index (χ4v) is 2.66. The molecule has 7 heteroatoms. The summed E-state index contributed by atoms with van der Waals surface area (Å²) in [6.45, 7) is 1.31. The Hall–Kier alpha value is -3.35. The summed E-state index contributed by atoms with van der Waals surface area (Å²) in [5.74, 6) is -1.26. The lowest BCUT2D eigenvalue weighted by atomic mass is 10.1. The number of aromatic carboxylic acids is 1. The van der Waals surface area contributed by atoms with E-state index in [9.17, 15) is 14.4 Å². The zero-order chi connectivity index (χ0) is 18.0. The molecule has 128 valence electrons. The summed E-state index contributed by atoms with van der Waals surface area (Å²) in [7, 11) is 0. The molecule has 0 bridgehead atoms. The molecule has 2 N–H and O–H groups in total. The van der Waals surface area contributed by atoms with Gasteiger partial charge in [0.05, 0.1) is 11.3 Å². The Bertz CT molecular complexity index is 862. The van der Waals surface area contributed by atoms with Crippen molar-refractivity contribution in [2.24, 2.45) is 0 Å². The summed E-state index contributed by atoms with van der Waals surface area (Å²) in [6, 6.07) is 11.6. The number of carboxylic acid groups (broad SMARTS) is 1. The lowest BCUT2D eigenvalue weighted by Crippen LogP contribution is -2.43. The van der Waals surface area contributed by atoms with Crippen LogP contribution in [0.5, 0.6) is 5.75 Å². The zero-order valence-electron chi connectivity index (χ0n) is 13.5. The van der Waals surface area contributed by atoms with Gasteiger partial charge in [0.25, 0.3) is 5.91 Å². The number of carbonyl (C=O) groups excluding carboxylic acids is 2. The zero-order valence-corrected chi connectivity index (χ0v) is 13.5. The van der Waals surface area contributed by atoms with Crippen molar-refractivity contribution in [2.45, 2.75) is 6.92 Å². The highest BCUT2D eigenvalue weighted by molar-refractivity contribution is 6.05. The van der Waals surface area contributed by atoms with Crippen LogP contribution in [0.4, 0.5) is 11.4 Å². The van der Waals surface area contributed by atoms with Gasteiger partial charge < -0.3 is 15.2 Å². The van der Waals surface area contributed by atoms with Crippen molar-refractivity contribution in [3.05, 3.63) is 53.6 Å². The maximum absolute atomic E-state index is 12.4. The first-order chi connectivity index (χ1) is 12.0. The number of hydrogen-bond donors (Lipinski definition) is 2. The van der Waals surface area contributed by atoms with Crippen LogP contribution in [0.25, 0.3) is 0 Å². The molecule has 0 saturated carbocycles. The fraction of sp³-hybridized carbons (Fsp3) is 0.167. The molecule has 3 rings (SSSR count). The second-order valence-corrected chi connectivity index (χ2v) is 5.57. The summed E-state index contributed by atoms with van der Waals surface area (Å²) in [5.41, 5.74) is 1.51. The van der Waals surface area contributed by atoms with Crippen LogP contribution in [-0.4, -0.2) is 36.0 Å². The molecule has 2 aromatic carbocycles. The first-order valence-electron chi connectivity index (χ1n) is 7.62. The van der Waals surface area contributed by atoms with Gasteiger partial charge in [-0.15, -0.1) is 0 Å². The molecule has 1 aliphatic heterocycles. The number of nitrogens with zero attached hydrogens (tertiary/aromatic N) is 1. The van der Waals surface area contributed by atoms with Crippen LogP contribution in [0.2, 0.25) is 0 Å². The Kier molecular flexibility index (Phi) is 4.38. The standard InChI is InChI=1S/C18H16N2O5/c1-11-12(18(23)24)5-4-6-13(11)19-16(21)9-20-14-7-2-3-8-15(14)25-10-17(20)22/h2-8H,9-10H2,1H3,(H,19,21)(H,23,24). The summed E-state index contributed by atoms with van der Waals surface area (Å²) >= 11 is 0. The van der Waals surface area contributed by atoms with Gasteiger partial charge in [-0.25, -0.2) is 4.79 Å². The van der Waals surface area contributed by atoms with E-state index in [1.165, 1.54) is 11.0 Å². The van der Waals surface area contributed by atoms with Gasteiger partial charge in [-0.05, 0) is 36.8 Å². The summed E-state index contributed by atoms with van der Waals surface area (Å²) in [5, 5.41) is 11.8. The molecular weight excluding hydrogens is 324 g/mol. The second-order valence-electron chi connectivity index (χ2n) is 5.57. The highest BCUT2D eigenvalue weighted by Gasteiger charge is 2.27. The van der Waals surface area contributed by atoms with E-state index in [0.717, 1.165) is 0 Å². The van der Waals surface area contributed by atoms with Crippen molar-refractivity contribution in [3.63, 3.8) is 0 Å². The van der Waals surface area contributed by atoms with Crippen LogP contribution in [-0.2, 0) is 9.59 Å². The number of fused-ring (bicyclic) bond motifs is 1. The van der Waals surface area contributed by atoms with Crippen molar-refractivity contribution >= 4 is 29.2 Å². The van der Waals surface area contributed by atoms with Crippen LogP contribution in [0.15, 0.2) is 42.5 Å². The van der Waals surface area contributed by atoms with Crippen LogP contribution in [0.3, 0.4) is 0 Å². The Morgan fingerprint density at radius 1 is 1.20 bits per heavy atom. The summed E-state index contributed by atoms with van der Waals surface area (Å²) in [6.07, 6.45) is 0. The van der Waals surface area contributed by atoms with E-state index in [2.05, 4.69) is 5.32 Å². The van der Waals surface area contributed by atoms with Gasteiger partial charge in [-0.3, -0.25) is 14.5 Å². The number of para-hydroxylation sites is 2. The number of rotatable bonds is 4. The SMILES string of the molecule is Cc1c(NC(=O)CN2C(=O)COc3ccccc32)cccc1C(=O)O. The minimum absolute atomic E-state index is 0.116. The normalized spacial score (nSPS) is 13.0. The smallest absolute Gasteiger partial charge is 0.336 e. The van der Waals surface area contributed by atoms with E-state index in [4.69, 9.17) is 9.84 Å². The van der Waals surface area contributed by atoms with Crippen LogP contribution in [0.1, 0.15) is 15.9 Å². The molecule has 2 amide bonds. The quantitative estimate of drug-likeness (QED) is 0.888. The number of amides is 2. The maximum atomic E-state index is 12.4. The third-order valence-corrected chi connectivity index (χ3v) is 3.95. The molecule has 1 heterocycles. The molecule has 0 radical (unpaired) electrons. The minimum Gasteiger partial charge on any atom is -0.482 e. The number of hydrogen-bond acceptors (Lipinski definition) is 4. The van der Waals surface area contributed by atoms with Crippen molar-refractivity contribution < 1.29 is 24.2 Å². The van der Waals surface area contributed by atoms with E-state index in [-0.39, 0.29) is 24.6 Å². The first kappa shape index (κ1) is 16.5. The predicted molar refractivity (Wildman–Crippen MR) is 91.1 cm³/mol. The number of nitrogens with one attached hydrogen (secondary N) is 1. The molecule has 0 unspecified atom stereocenters. The van der Waals surface area contributed by atoms with Gasteiger partial charge in [0.1, 0.15) is 12.3 Å². The molecular formula is C18H16N2O5. The van der Waals surface area contributed by atoms with Crippen LogP contribution in [0, 0.1) is 6.92 Å². The van der Waals surface area contributed by atoms with Gasteiger partial charge in [0.2, 0.25) is 5.91 Å². The van der Waals surface area contributed by atoms with Crippen molar-refractivity contribution in [3.8, 4) is 5.75 Å². The van der Waals surface area contributed by atoms with Gasteiger partial charge in [0, 0.05) is 5.69 Å². The van der Waals surface area contributed by atoms with E-state index >= 15 is 0 Å². The topological polar surface area (TPSA) is 95.9 Å². The fourth-order valence-electron chi connectivity index (χ4n) is 2.66. The molecule has 0 atom stereocenters. The largest absolute Gasteiger partial charge is 0.482 e. The van der Waals surface area contributed by atoms with Crippen molar-refractivity contribution in [1.82, 2.24) is 0 Å². The number of anilines is 2. The van der Waals surface area contributed by atoms with Crippen LogP contribution < -0.4 is 15.0 Å². The third kappa shape index (κ3) is 3.30. The van der Waals surface area contributed by atoms with E-state index in [0.29, 0.717) is 22.7 Å². The second kappa shape index (κ2) is 6.64. The maximum Gasteiger partial charge on any atom is 0.336 e. The van der Waals surface area contributed by atoms with Crippen LogP contribution >= 0.6 is 0 Å². The average molecular weight is 340 g/mol. The van der Waals surface area contributed by atoms with Crippen molar-refractivity contribution in [1.29, 1.82) is 0 Å². The third-order valence-electron chi connectivity index (χ3n) is 3.95. The predicted octanol–water partition coefficient (Wildman–Crippen LogP) is 2.06. The molecule has 1 aliphatic rings. The Morgan fingerprint density at radius 3 is 2.72 bits per heavy atom. The Balaban J connectivity index is 1.79. The first-order valence-corrected chi connectivity index (χ1v) is 7.62. The van der Waals surface area contributed by atoms with Crippen molar-refractivity contribution in [2.75, 3.05) is 23.4 Å². The van der Waals surface area contributed by atoms with E-state index < -0.39 is 11.9 Å². The molecule has 0 aliphatic carbocycles. The number of carbonyl (C=O) groups is 3. The average Bonchev–Trinajstić information content (AvgIpc) is 2.59. The molecule has 7 nitrogen and oxygen atoms in total. The minimum atomic E-state index is -1.06. The van der Waals surface area contributed by atoms with Gasteiger partial charge in [0.15, 0.2) is 6.61 Å². The van der Waals surface area contributed by atoms with Gasteiger partial charge >= 0.3 is 5.97 Å². The molecule has 25 heavy (non-hydrogen) atoms. The highest BCUT2D eigenvalue weighted by atomic mass is 16.5. The molecule has 0 spiro atoms. The molecule has 0 fully saturated rings. The Morgan fingerprint density at radius 2 is 1.96 bits per heavy atom. The highest BCUT2D eigenvalue weighted by Crippen LogP contribution is 2.31. The lowest BCUT2D eigenvalue weighted by Gasteiger charge is -2.28. The monoisotopic (exact) mass is 340 g/mol. The number of ether oxygens (including phenoxy) is 1. The van der Waals surface area contributed by atoms with Gasteiger partial charge in [-0.2, -0.15) is 0 Å². The van der Waals surface area contributed by atoms with E-state index in [1.54, 1.807) is 43.3 Å². The molecule has 0 saturated heterocycles. The number of benzene rings is 2. The lowest BCUT2D eigenvalue weighted by molar-refractivity contribution is -0.123. The Labute approximate surface area is 143 Å². The van der Waals surface area contributed by atoms with E-state index in [1.807, 2.05) is 0 Å².